The van der Waals surface area contributed by atoms with Crippen LogP contribution in [0, 0.1) is 6.92 Å². The van der Waals surface area contributed by atoms with Gasteiger partial charge in [0.05, 0.1) is 0 Å². The van der Waals surface area contributed by atoms with Gasteiger partial charge in [0.15, 0.2) is 0 Å². The predicted molar refractivity (Wildman–Crippen MR) is 63.6 cm³/mol. The molecule has 1 rings (SSSR count). The van der Waals surface area contributed by atoms with Crippen molar-refractivity contribution in [1.82, 2.24) is 9.97 Å². The van der Waals surface area contributed by atoms with Crippen LogP contribution in [0.2, 0.25) is 0 Å². The summed E-state index contributed by atoms with van der Waals surface area (Å²) in [5, 5.41) is 0. The molecule has 1 N–H and O–H groups in total. The average Bonchev–Trinajstić information content (AvgIpc) is 2.25. The van der Waals surface area contributed by atoms with E-state index in [1.165, 1.54) is 0 Å². The molecule has 1 aromatic rings. The molecule has 4 heteroatoms. The van der Waals surface area contributed by atoms with Gasteiger partial charge in [0, 0.05) is 18.4 Å². The number of H-pyrrole nitrogens is 1. The Hall–Kier alpha value is -1.16. The molecule has 1 atom stereocenters. The Morgan fingerprint density at radius 1 is 1.44 bits per heavy atom. The van der Waals surface area contributed by atoms with E-state index in [9.17, 15) is 4.79 Å². The maximum absolute atomic E-state index is 11.8. The Morgan fingerprint density at radius 2 is 2.12 bits per heavy atom. The average molecular weight is 224 g/mol. The molecular formula is C12H20N2O2. The van der Waals surface area contributed by atoms with Crippen LogP contribution in [0.4, 0.5) is 0 Å². The Bertz CT molecular complexity index is 398. The largest absolute Gasteiger partial charge is 0.374 e. The molecule has 0 amide bonds. The highest BCUT2D eigenvalue weighted by molar-refractivity contribution is 5.16. The van der Waals surface area contributed by atoms with Crippen LogP contribution in [-0.4, -0.2) is 17.1 Å². The lowest BCUT2D eigenvalue weighted by atomic mass is 10.1. The molecule has 0 aliphatic carbocycles. The van der Waals surface area contributed by atoms with Crippen LogP contribution in [0.25, 0.3) is 0 Å². The zero-order valence-electron chi connectivity index (χ0n) is 10.5. The van der Waals surface area contributed by atoms with Crippen LogP contribution < -0.4 is 5.56 Å². The highest BCUT2D eigenvalue weighted by atomic mass is 16.5. The van der Waals surface area contributed by atoms with E-state index in [-0.39, 0.29) is 11.7 Å². The first-order valence-electron chi connectivity index (χ1n) is 5.76. The Morgan fingerprint density at radius 3 is 2.56 bits per heavy atom. The van der Waals surface area contributed by atoms with Crippen LogP contribution >= 0.6 is 0 Å². The number of methoxy groups -OCH3 is 1. The first-order valence-corrected chi connectivity index (χ1v) is 5.76. The van der Waals surface area contributed by atoms with E-state index in [0.29, 0.717) is 12.2 Å². The van der Waals surface area contributed by atoms with Gasteiger partial charge in [0.25, 0.3) is 5.56 Å². The van der Waals surface area contributed by atoms with Gasteiger partial charge in [-0.1, -0.05) is 20.3 Å². The minimum Gasteiger partial charge on any atom is -0.374 e. The smallest absolute Gasteiger partial charge is 0.254 e. The number of nitrogens with one attached hydrogen (secondary N) is 1. The number of hydrogen-bond acceptors (Lipinski definition) is 3. The lowest BCUT2D eigenvalue weighted by molar-refractivity contribution is 0.0872. The second-order valence-corrected chi connectivity index (χ2v) is 3.88. The molecule has 4 nitrogen and oxygen atoms in total. The van der Waals surface area contributed by atoms with Crippen molar-refractivity contribution in [3.63, 3.8) is 0 Å². The quantitative estimate of drug-likeness (QED) is 0.833. The summed E-state index contributed by atoms with van der Waals surface area (Å²) in [4.78, 5) is 19.0. The van der Waals surface area contributed by atoms with Crippen LogP contribution in [0.15, 0.2) is 4.79 Å². The standard InChI is InChI=1S/C12H20N2O2/c1-5-7-10(16-4)11-13-8(3)9(6-2)12(15)14-11/h10H,5-7H2,1-4H3,(H,13,14,15). The van der Waals surface area contributed by atoms with Crippen molar-refractivity contribution in [1.29, 1.82) is 0 Å². The third-order valence-corrected chi connectivity index (χ3v) is 2.73. The third kappa shape index (κ3) is 2.70. The molecule has 16 heavy (non-hydrogen) atoms. The van der Waals surface area contributed by atoms with E-state index in [1.807, 2.05) is 13.8 Å². The molecule has 0 aromatic carbocycles. The summed E-state index contributed by atoms with van der Waals surface area (Å²) in [6, 6.07) is 0. The first kappa shape index (κ1) is 12.9. The normalized spacial score (nSPS) is 12.8. The van der Waals surface area contributed by atoms with Gasteiger partial charge in [-0.15, -0.1) is 0 Å². The fraction of sp³-hybridized carbons (Fsp3) is 0.667. The Balaban J connectivity index is 3.11. The summed E-state index contributed by atoms with van der Waals surface area (Å²) in [5.74, 6) is 0.643. The zero-order chi connectivity index (χ0) is 12.1. The van der Waals surface area contributed by atoms with E-state index < -0.39 is 0 Å². The second-order valence-electron chi connectivity index (χ2n) is 3.88. The summed E-state index contributed by atoms with van der Waals surface area (Å²) >= 11 is 0. The number of nitrogens with zero attached hydrogens (tertiary/aromatic N) is 1. The Kier molecular flexibility index (Phi) is 4.68. The van der Waals surface area contributed by atoms with Gasteiger partial charge < -0.3 is 9.72 Å². The van der Waals surface area contributed by atoms with Gasteiger partial charge in [-0.25, -0.2) is 4.98 Å². The molecule has 0 fully saturated rings. The molecule has 0 radical (unpaired) electrons. The van der Waals surface area contributed by atoms with Gasteiger partial charge >= 0.3 is 0 Å². The monoisotopic (exact) mass is 224 g/mol. The number of hydrogen-bond donors (Lipinski definition) is 1. The summed E-state index contributed by atoms with van der Waals surface area (Å²) in [7, 11) is 1.64. The van der Waals surface area contributed by atoms with Crippen molar-refractivity contribution in [2.24, 2.45) is 0 Å². The van der Waals surface area contributed by atoms with Crippen LogP contribution in [-0.2, 0) is 11.2 Å². The molecule has 0 aliphatic rings. The first-order chi connectivity index (χ1) is 7.63. The maximum Gasteiger partial charge on any atom is 0.254 e. The zero-order valence-corrected chi connectivity index (χ0v) is 10.5. The van der Waals surface area contributed by atoms with Crippen LogP contribution in [0.5, 0.6) is 0 Å². The number of ether oxygens (including phenoxy) is 1. The molecular weight excluding hydrogens is 204 g/mol. The molecule has 0 saturated heterocycles. The van der Waals surface area contributed by atoms with Crippen LogP contribution in [0.1, 0.15) is 49.9 Å². The van der Waals surface area contributed by atoms with E-state index in [1.54, 1.807) is 7.11 Å². The van der Waals surface area contributed by atoms with Crippen molar-refractivity contribution in [2.75, 3.05) is 7.11 Å². The topological polar surface area (TPSA) is 55.0 Å². The number of aryl methyl sites for hydroxylation is 1. The fourth-order valence-corrected chi connectivity index (χ4v) is 1.83. The molecule has 0 aliphatic heterocycles. The predicted octanol–water partition coefficient (Wildman–Crippen LogP) is 2.13. The maximum atomic E-state index is 11.8. The summed E-state index contributed by atoms with van der Waals surface area (Å²) < 4.78 is 5.33. The lowest BCUT2D eigenvalue weighted by Crippen LogP contribution is -2.21. The Labute approximate surface area is 96.1 Å². The van der Waals surface area contributed by atoms with Crippen molar-refractivity contribution in [3.05, 3.63) is 27.4 Å². The summed E-state index contributed by atoms with van der Waals surface area (Å²) in [6.07, 6.45) is 2.46. The highest BCUT2D eigenvalue weighted by Gasteiger charge is 2.14. The molecule has 1 aromatic heterocycles. The van der Waals surface area contributed by atoms with Gasteiger partial charge in [-0.3, -0.25) is 4.79 Å². The summed E-state index contributed by atoms with van der Waals surface area (Å²) in [5.41, 5.74) is 1.53. The van der Waals surface area contributed by atoms with Crippen molar-refractivity contribution in [3.8, 4) is 0 Å². The van der Waals surface area contributed by atoms with E-state index in [0.717, 1.165) is 24.1 Å². The number of rotatable bonds is 5. The number of aromatic amines is 1. The molecule has 0 saturated carbocycles. The van der Waals surface area contributed by atoms with Gasteiger partial charge in [0.1, 0.15) is 11.9 Å². The highest BCUT2D eigenvalue weighted by Crippen LogP contribution is 2.17. The summed E-state index contributed by atoms with van der Waals surface area (Å²) in [6.45, 7) is 5.91. The minimum absolute atomic E-state index is 0.0387. The molecule has 0 bridgehead atoms. The van der Waals surface area contributed by atoms with E-state index in [2.05, 4.69) is 16.9 Å². The van der Waals surface area contributed by atoms with Crippen molar-refractivity contribution >= 4 is 0 Å². The van der Waals surface area contributed by atoms with Gasteiger partial charge in [-0.2, -0.15) is 0 Å². The van der Waals surface area contributed by atoms with E-state index in [4.69, 9.17) is 4.74 Å². The van der Waals surface area contributed by atoms with Gasteiger partial charge in [-0.05, 0) is 19.8 Å². The molecule has 1 heterocycles. The minimum atomic E-state index is -0.109. The van der Waals surface area contributed by atoms with E-state index >= 15 is 0 Å². The molecule has 90 valence electrons. The SMILES string of the molecule is CCCC(OC)c1nc(C)c(CC)c(=O)[nH]1. The lowest BCUT2D eigenvalue weighted by Gasteiger charge is -2.14. The third-order valence-electron chi connectivity index (χ3n) is 2.73. The second kappa shape index (κ2) is 5.80. The van der Waals surface area contributed by atoms with Crippen LogP contribution in [0.3, 0.4) is 0 Å². The number of aromatic nitrogens is 2. The molecule has 1 unspecified atom stereocenters. The van der Waals surface area contributed by atoms with Crippen molar-refractivity contribution in [2.45, 2.75) is 46.1 Å². The molecule has 0 spiro atoms. The fourth-order valence-electron chi connectivity index (χ4n) is 1.83. The van der Waals surface area contributed by atoms with Gasteiger partial charge in [0.2, 0.25) is 0 Å². The van der Waals surface area contributed by atoms with Crippen molar-refractivity contribution < 1.29 is 4.74 Å².